The first-order valence-electron chi connectivity index (χ1n) is 7.12. The maximum Gasteiger partial charge on any atom is 0.253 e. The molecule has 0 unspecified atom stereocenters. The molecule has 2 rings (SSSR count). The van der Waals surface area contributed by atoms with E-state index >= 15 is 0 Å². The standard InChI is InChI=1S/C15H23N3O/c1-2-17-15(19)13-7-6-12(16)10-14(13)18-9-8-11-4-3-5-11/h6-7,10-11,18H,2-5,8-9,16H2,1H3,(H,17,19). The molecule has 0 saturated heterocycles. The predicted octanol–water partition coefficient (Wildman–Crippen LogP) is 2.62. The summed E-state index contributed by atoms with van der Waals surface area (Å²) >= 11 is 0. The van der Waals surface area contributed by atoms with Crippen LogP contribution in [0.25, 0.3) is 0 Å². The fraction of sp³-hybridized carbons (Fsp3) is 0.533. The van der Waals surface area contributed by atoms with Gasteiger partial charge >= 0.3 is 0 Å². The molecule has 0 bridgehead atoms. The van der Waals surface area contributed by atoms with E-state index < -0.39 is 0 Å². The molecule has 104 valence electrons. The number of hydrogen-bond donors (Lipinski definition) is 3. The summed E-state index contributed by atoms with van der Waals surface area (Å²) in [4.78, 5) is 11.9. The zero-order valence-electron chi connectivity index (χ0n) is 11.5. The third-order valence-electron chi connectivity index (χ3n) is 3.72. The van der Waals surface area contributed by atoms with Crippen LogP contribution in [0.4, 0.5) is 11.4 Å². The van der Waals surface area contributed by atoms with Crippen LogP contribution in [0, 0.1) is 5.92 Å². The van der Waals surface area contributed by atoms with Crippen molar-refractivity contribution in [1.29, 1.82) is 0 Å². The molecule has 19 heavy (non-hydrogen) atoms. The lowest BCUT2D eigenvalue weighted by Crippen LogP contribution is -2.24. The van der Waals surface area contributed by atoms with Crippen molar-refractivity contribution in [3.05, 3.63) is 23.8 Å². The molecule has 4 N–H and O–H groups in total. The molecule has 1 aromatic rings. The molecular weight excluding hydrogens is 238 g/mol. The van der Waals surface area contributed by atoms with Gasteiger partial charge in [-0.15, -0.1) is 0 Å². The van der Waals surface area contributed by atoms with Crippen LogP contribution in [0.5, 0.6) is 0 Å². The van der Waals surface area contributed by atoms with E-state index in [9.17, 15) is 4.79 Å². The summed E-state index contributed by atoms with van der Waals surface area (Å²) in [5.41, 5.74) is 7.99. The maximum atomic E-state index is 11.9. The quantitative estimate of drug-likeness (QED) is 0.690. The highest BCUT2D eigenvalue weighted by atomic mass is 16.1. The second-order valence-electron chi connectivity index (χ2n) is 5.18. The van der Waals surface area contributed by atoms with Gasteiger partial charge in [-0.2, -0.15) is 0 Å². The summed E-state index contributed by atoms with van der Waals surface area (Å²) in [7, 11) is 0. The van der Waals surface area contributed by atoms with Crippen LogP contribution in [0.3, 0.4) is 0 Å². The first-order valence-corrected chi connectivity index (χ1v) is 7.12. The number of carbonyl (C=O) groups excluding carboxylic acids is 1. The van der Waals surface area contributed by atoms with E-state index in [1.807, 2.05) is 13.0 Å². The summed E-state index contributed by atoms with van der Waals surface area (Å²) < 4.78 is 0. The zero-order valence-corrected chi connectivity index (χ0v) is 11.5. The SMILES string of the molecule is CCNC(=O)c1ccc(N)cc1NCCC1CCC1. The Balaban J connectivity index is 1.99. The van der Waals surface area contributed by atoms with Crippen molar-refractivity contribution in [3.8, 4) is 0 Å². The van der Waals surface area contributed by atoms with Gasteiger partial charge in [0.1, 0.15) is 0 Å². The third-order valence-corrected chi connectivity index (χ3v) is 3.72. The maximum absolute atomic E-state index is 11.9. The summed E-state index contributed by atoms with van der Waals surface area (Å²) in [5, 5.41) is 6.18. The first-order chi connectivity index (χ1) is 9.20. The summed E-state index contributed by atoms with van der Waals surface area (Å²) in [6, 6.07) is 5.39. The Hall–Kier alpha value is -1.71. The fourth-order valence-corrected chi connectivity index (χ4v) is 2.35. The Kier molecular flexibility index (Phi) is 4.66. The van der Waals surface area contributed by atoms with E-state index in [1.165, 1.54) is 25.7 Å². The van der Waals surface area contributed by atoms with E-state index in [0.29, 0.717) is 17.8 Å². The number of benzene rings is 1. The molecule has 0 radical (unpaired) electrons. The Morgan fingerprint density at radius 3 is 2.84 bits per heavy atom. The van der Waals surface area contributed by atoms with Crippen LogP contribution in [-0.4, -0.2) is 19.0 Å². The molecule has 4 heteroatoms. The monoisotopic (exact) mass is 261 g/mol. The largest absolute Gasteiger partial charge is 0.399 e. The highest BCUT2D eigenvalue weighted by molar-refractivity contribution is 6.00. The van der Waals surface area contributed by atoms with Gasteiger partial charge in [-0.1, -0.05) is 19.3 Å². The van der Waals surface area contributed by atoms with Gasteiger partial charge in [-0.3, -0.25) is 4.79 Å². The number of rotatable bonds is 6. The molecule has 1 amide bonds. The molecule has 1 fully saturated rings. The van der Waals surface area contributed by atoms with Crippen molar-refractivity contribution < 1.29 is 4.79 Å². The van der Waals surface area contributed by atoms with Gasteiger partial charge in [-0.05, 0) is 37.5 Å². The minimum atomic E-state index is -0.0476. The first kappa shape index (κ1) is 13.7. The van der Waals surface area contributed by atoms with Crippen LogP contribution in [0.1, 0.15) is 43.0 Å². The lowest BCUT2D eigenvalue weighted by molar-refractivity contribution is 0.0956. The lowest BCUT2D eigenvalue weighted by Gasteiger charge is -2.25. The Bertz CT molecular complexity index is 441. The van der Waals surface area contributed by atoms with Crippen molar-refractivity contribution in [2.24, 2.45) is 5.92 Å². The minimum absolute atomic E-state index is 0.0476. The summed E-state index contributed by atoms with van der Waals surface area (Å²) in [5.74, 6) is 0.815. The molecule has 1 aliphatic carbocycles. The molecule has 1 aliphatic rings. The minimum Gasteiger partial charge on any atom is -0.399 e. The van der Waals surface area contributed by atoms with Crippen LogP contribution >= 0.6 is 0 Å². The van der Waals surface area contributed by atoms with Gasteiger partial charge in [-0.25, -0.2) is 0 Å². The van der Waals surface area contributed by atoms with Crippen molar-refractivity contribution in [1.82, 2.24) is 5.32 Å². The number of anilines is 2. The molecule has 4 nitrogen and oxygen atoms in total. The van der Waals surface area contributed by atoms with E-state index in [0.717, 1.165) is 18.2 Å². The van der Waals surface area contributed by atoms with Gasteiger partial charge in [0.15, 0.2) is 0 Å². The molecule has 1 aromatic carbocycles. The number of nitrogens with two attached hydrogens (primary N) is 1. The Morgan fingerprint density at radius 2 is 2.21 bits per heavy atom. The summed E-state index contributed by atoms with van der Waals surface area (Å²) in [6.45, 7) is 3.45. The molecule has 0 aromatic heterocycles. The topological polar surface area (TPSA) is 67.2 Å². The summed E-state index contributed by atoms with van der Waals surface area (Å²) in [6.07, 6.45) is 5.24. The Labute approximate surface area is 114 Å². The molecule has 0 heterocycles. The number of amides is 1. The van der Waals surface area contributed by atoms with E-state index in [-0.39, 0.29) is 5.91 Å². The molecule has 0 aliphatic heterocycles. The van der Waals surface area contributed by atoms with Crippen LogP contribution in [0.15, 0.2) is 18.2 Å². The zero-order chi connectivity index (χ0) is 13.7. The highest BCUT2D eigenvalue weighted by Crippen LogP contribution is 2.29. The molecular formula is C15H23N3O. The molecule has 0 atom stereocenters. The van der Waals surface area contributed by atoms with Gasteiger partial charge in [0, 0.05) is 24.5 Å². The smallest absolute Gasteiger partial charge is 0.253 e. The van der Waals surface area contributed by atoms with Gasteiger partial charge in [0.25, 0.3) is 5.91 Å². The van der Waals surface area contributed by atoms with Crippen molar-refractivity contribution in [3.63, 3.8) is 0 Å². The van der Waals surface area contributed by atoms with Crippen molar-refractivity contribution >= 4 is 17.3 Å². The second kappa shape index (κ2) is 6.45. The van der Waals surface area contributed by atoms with Crippen molar-refractivity contribution in [2.75, 3.05) is 24.1 Å². The van der Waals surface area contributed by atoms with Crippen LogP contribution in [0.2, 0.25) is 0 Å². The number of carbonyl (C=O) groups is 1. The van der Waals surface area contributed by atoms with E-state index in [2.05, 4.69) is 10.6 Å². The van der Waals surface area contributed by atoms with Gasteiger partial charge < -0.3 is 16.4 Å². The van der Waals surface area contributed by atoms with E-state index in [1.54, 1.807) is 12.1 Å². The number of nitrogen functional groups attached to an aromatic ring is 1. The average Bonchev–Trinajstić information content (AvgIpc) is 2.32. The van der Waals surface area contributed by atoms with Crippen LogP contribution < -0.4 is 16.4 Å². The fourth-order valence-electron chi connectivity index (χ4n) is 2.35. The number of nitrogens with one attached hydrogen (secondary N) is 2. The third kappa shape index (κ3) is 3.63. The Morgan fingerprint density at radius 1 is 1.42 bits per heavy atom. The van der Waals surface area contributed by atoms with Crippen molar-refractivity contribution in [2.45, 2.75) is 32.6 Å². The normalized spacial score (nSPS) is 14.8. The average molecular weight is 261 g/mol. The lowest BCUT2D eigenvalue weighted by atomic mass is 9.83. The number of hydrogen-bond acceptors (Lipinski definition) is 3. The second-order valence-corrected chi connectivity index (χ2v) is 5.18. The molecule has 0 spiro atoms. The predicted molar refractivity (Wildman–Crippen MR) is 79.3 cm³/mol. The highest BCUT2D eigenvalue weighted by Gasteiger charge is 2.17. The van der Waals surface area contributed by atoms with Gasteiger partial charge in [0.05, 0.1) is 5.56 Å². The molecule has 1 saturated carbocycles. The van der Waals surface area contributed by atoms with E-state index in [4.69, 9.17) is 5.73 Å². The van der Waals surface area contributed by atoms with Crippen LogP contribution in [-0.2, 0) is 0 Å². The van der Waals surface area contributed by atoms with Gasteiger partial charge in [0.2, 0.25) is 0 Å².